The van der Waals surface area contributed by atoms with Crippen LogP contribution in [-0.4, -0.2) is 41.6 Å². The third-order valence-electron chi connectivity index (χ3n) is 3.52. The Hall–Kier alpha value is -2.11. The molecule has 0 saturated carbocycles. The second-order valence-electron chi connectivity index (χ2n) is 5.05. The fraction of sp³-hybridized carbons (Fsp3) is 0.533. The van der Waals surface area contributed by atoms with Gasteiger partial charge in [-0.3, -0.25) is 9.78 Å². The molecule has 0 bridgehead atoms. The van der Waals surface area contributed by atoms with Crippen LogP contribution in [0.15, 0.2) is 24.5 Å². The Morgan fingerprint density at radius 3 is 2.90 bits per heavy atom. The molecule has 0 aliphatic carbocycles. The Bertz CT molecular complexity index is 478. The summed E-state index contributed by atoms with van der Waals surface area (Å²) in [5, 5.41) is 2.87. The Morgan fingerprint density at radius 1 is 1.43 bits per heavy atom. The first-order valence-corrected chi connectivity index (χ1v) is 7.29. The number of hydrogen-bond acceptors (Lipinski definition) is 4. The number of urea groups is 1. The van der Waals surface area contributed by atoms with E-state index < -0.39 is 0 Å². The van der Waals surface area contributed by atoms with E-state index in [1.54, 1.807) is 24.2 Å². The first kappa shape index (κ1) is 15.3. The van der Waals surface area contributed by atoms with Gasteiger partial charge in [0.05, 0.1) is 12.5 Å². The normalized spacial score (nSPS) is 18.1. The Morgan fingerprint density at radius 2 is 2.19 bits per heavy atom. The number of nitrogens with one attached hydrogen (secondary N) is 1. The molecule has 1 aliphatic rings. The van der Waals surface area contributed by atoms with E-state index in [9.17, 15) is 9.59 Å². The lowest BCUT2D eigenvalue weighted by atomic mass is 9.98. The lowest BCUT2D eigenvalue weighted by Crippen LogP contribution is -2.47. The summed E-state index contributed by atoms with van der Waals surface area (Å²) in [5.41, 5.74) is 0.998. The highest BCUT2D eigenvalue weighted by atomic mass is 16.5. The first-order chi connectivity index (χ1) is 10.2. The van der Waals surface area contributed by atoms with Gasteiger partial charge in [0.25, 0.3) is 0 Å². The fourth-order valence-corrected chi connectivity index (χ4v) is 2.40. The molecule has 2 heterocycles. The van der Waals surface area contributed by atoms with Crippen LogP contribution in [0, 0.1) is 5.92 Å². The van der Waals surface area contributed by atoms with Crippen molar-refractivity contribution in [1.29, 1.82) is 0 Å². The van der Waals surface area contributed by atoms with Crippen molar-refractivity contribution >= 4 is 12.0 Å². The third-order valence-corrected chi connectivity index (χ3v) is 3.52. The standard InChI is InChI=1S/C15H21N3O3/c1-2-21-14(19)13-4-3-9-18(11-13)15(20)17-10-12-5-7-16-8-6-12/h5-8,13H,2-4,9-11H2,1H3,(H,17,20). The Kier molecular flexibility index (Phi) is 5.54. The number of esters is 1. The molecule has 1 aromatic heterocycles. The van der Waals surface area contributed by atoms with Gasteiger partial charge in [-0.15, -0.1) is 0 Å². The van der Waals surface area contributed by atoms with E-state index >= 15 is 0 Å². The van der Waals surface area contributed by atoms with Crippen molar-refractivity contribution in [3.8, 4) is 0 Å². The van der Waals surface area contributed by atoms with Crippen LogP contribution in [-0.2, 0) is 16.1 Å². The molecule has 0 spiro atoms. The van der Waals surface area contributed by atoms with E-state index in [1.807, 2.05) is 12.1 Å². The summed E-state index contributed by atoms with van der Waals surface area (Å²) in [7, 11) is 0. The molecule has 1 N–H and O–H groups in total. The molecule has 21 heavy (non-hydrogen) atoms. The zero-order valence-electron chi connectivity index (χ0n) is 12.2. The van der Waals surface area contributed by atoms with Crippen LogP contribution >= 0.6 is 0 Å². The average Bonchev–Trinajstić information content (AvgIpc) is 2.54. The number of pyridine rings is 1. The van der Waals surface area contributed by atoms with E-state index in [1.165, 1.54) is 0 Å². The highest BCUT2D eigenvalue weighted by molar-refractivity contribution is 5.77. The minimum atomic E-state index is -0.205. The van der Waals surface area contributed by atoms with Gasteiger partial charge in [0.2, 0.25) is 0 Å². The van der Waals surface area contributed by atoms with Crippen LogP contribution in [0.5, 0.6) is 0 Å². The maximum atomic E-state index is 12.1. The van der Waals surface area contributed by atoms with Crippen molar-refractivity contribution in [1.82, 2.24) is 15.2 Å². The van der Waals surface area contributed by atoms with Crippen LogP contribution in [0.1, 0.15) is 25.3 Å². The molecule has 2 rings (SSSR count). The molecule has 1 saturated heterocycles. The van der Waals surface area contributed by atoms with Crippen molar-refractivity contribution in [3.63, 3.8) is 0 Å². The molecule has 0 aromatic carbocycles. The number of aromatic nitrogens is 1. The van der Waals surface area contributed by atoms with Gasteiger partial charge >= 0.3 is 12.0 Å². The van der Waals surface area contributed by atoms with E-state index in [2.05, 4.69) is 10.3 Å². The number of carbonyl (C=O) groups excluding carboxylic acids is 2. The smallest absolute Gasteiger partial charge is 0.317 e. The van der Waals surface area contributed by atoms with Crippen LogP contribution in [0.2, 0.25) is 0 Å². The molecule has 2 amide bonds. The molecule has 6 heteroatoms. The number of amides is 2. The van der Waals surface area contributed by atoms with Crippen molar-refractivity contribution < 1.29 is 14.3 Å². The summed E-state index contributed by atoms with van der Waals surface area (Å²) in [6, 6.07) is 3.58. The molecule has 1 aromatic rings. The van der Waals surface area contributed by atoms with Crippen LogP contribution in [0.3, 0.4) is 0 Å². The van der Waals surface area contributed by atoms with Gasteiger partial charge in [-0.2, -0.15) is 0 Å². The highest BCUT2D eigenvalue weighted by Gasteiger charge is 2.29. The number of nitrogens with zero attached hydrogens (tertiary/aromatic N) is 2. The van der Waals surface area contributed by atoms with Gasteiger partial charge in [-0.05, 0) is 37.5 Å². The maximum Gasteiger partial charge on any atom is 0.317 e. The van der Waals surface area contributed by atoms with Crippen molar-refractivity contribution in [2.45, 2.75) is 26.3 Å². The predicted molar refractivity (Wildman–Crippen MR) is 77.4 cm³/mol. The molecule has 114 valence electrons. The average molecular weight is 291 g/mol. The largest absolute Gasteiger partial charge is 0.466 e. The van der Waals surface area contributed by atoms with E-state index in [0.717, 1.165) is 18.4 Å². The molecule has 6 nitrogen and oxygen atoms in total. The zero-order chi connectivity index (χ0) is 15.1. The van der Waals surface area contributed by atoms with Gasteiger partial charge in [-0.25, -0.2) is 4.79 Å². The number of hydrogen-bond donors (Lipinski definition) is 1. The summed E-state index contributed by atoms with van der Waals surface area (Å²) in [6.07, 6.45) is 5.00. The summed E-state index contributed by atoms with van der Waals surface area (Å²) >= 11 is 0. The molecule has 0 radical (unpaired) electrons. The van der Waals surface area contributed by atoms with Crippen molar-refractivity contribution in [3.05, 3.63) is 30.1 Å². The maximum absolute atomic E-state index is 12.1. The molecule has 1 aliphatic heterocycles. The Balaban J connectivity index is 1.83. The number of likely N-dealkylation sites (tertiary alicyclic amines) is 1. The fourth-order valence-electron chi connectivity index (χ4n) is 2.40. The van der Waals surface area contributed by atoms with E-state index in [4.69, 9.17) is 4.74 Å². The van der Waals surface area contributed by atoms with E-state index in [-0.39, 0.29) is 17.9 Å². The molecular formula is C15H21N3O3. The minimum absolute atomic E-state index is 0.138. The molecule has 1 fully saturated rings. The van der Waals surface area contributed by atoms with Crippen molar-refractivity contribution in [2.75, 3.05) is 19.7 Å². The lowest BCUT2D eigenvalue weighted by Gasteiger charge is -2.31. The number of piperidine rings is 1. The number of carbonyl (C=O) groups is 2. The molecule has 1 atom stereocenters. The first-order valence-electron chi connectivity index (χ1n) is 7.29. The lowest BCUT2D eigenvalue weighted by molar-refractivity contribution is -0.149. The molecular weight excluding hydrogens is 270 g/mol. The minimum Gasteiger partial charge on any atom is -0.466 e. The number of ether oxygens (including phenoxy) is 1. The second-order valence-corrected chi connectivity index (χ2v) is 5.05. The topological polar surface area (TPSA) is 71.5 Å². The number of rotatable bonds is 4. The van der Waals surface area contributed by atoms with E-state index in [0.29, 0.717) is 26.2 Å². The quantitative estimate of drug-likeness (QED) is 0.855. The van der Waals surface area contributed by atoms with Gasteiger partial charge < -0.3 is 15.0 Å². The summed E-state index contributed by atoms with van der Waals surface area (Å²) < 4.78 is 5.03. The van der Waals surface area contributed by atoms with Crippen LogP contribution < -0.4 is 5.32 Å². The molecule has 1 unspecified atom stereocenters. The van der Waals surface area contributed by atoms with Crippen LogP contribution in [0.25, 0.3) is 0 Å². The monoisotopic (exact) mass is 291 g/mol. The van der Waals surface area contributed by atoms with Crippen molar-refractivity contribution in [2.24, 2.45) is 5.92 Å². The third kappa shape index (κ3) is 4.44. The Labute approximate surface area is 124 Å². The summed E-state index contributed by atoms with van der Waals surface area (Å²) in [5.74, 6) is -0.408. The van der Waals surface area contributed by atoms with Gasteiger partial charge in [-0.1, -0.05) is 0 Å². The SMILES string of the molecule is CCOC(=O)C1CCCN(C(=O)NCc2ccncc2)C1. The van der Waals surface area contributed by atoms with Gasteiger partial charge in [0.1, 0.15) is 0 Å². The zero-order valence-corrected chi connectivity index (χ0v) is 12.2. The summed E-state index contributed by atoms with van der Waals surface area (Å²) in [6.45, 7) is 3.74. The highest BCUT2D eigenvalue weighted by Crippen LogP contribution is 2.18. The van der Waals surface area contributed by atoms with Crippen LogP contribution in [0.4, 0.5) is 4.79 Å². The van der Waals surface area contributed by atoms with Gasteiger partial charge in [0, 0.05) is 32.0 Å². The summed E-state index contributed by atoms with van der Waals surface area (Å²) in [4.78, 5) is 29.5. The van der Waals surface area contributed by atoms with Gasteiger partial charge in [0.15, 0.2) is 0 Å². The predicted octanol–water partition coefficient (Wildman–Crippen LogP) is 1.57. The second kappa shape index (κ2) is 7.61.